The first-order valence-electron chi connectivity index (χ1n) is 8.48. The Labute approximate surface area is 157 Å². The first-order chi connectivity index (χ1) is 12.7. The molecule has 1 heterocycles. The van der Waals surface area contributed by atoms with Gasteiger partial charge in [-0.2, -0.15) is 0 Å². The summed E-state index contributed by atoms with van der Waals surface area (Å²) >= 11 is 1.71. The van der Waals surface area contributed by atoms with Crippen LogP contribution < -0.4 is 9.47 Å². The Kier molecular flexibility index (Phi) is 4.62. The van der Waals surface area contributed by atoms with E-state index in [-0.39, 0.29) is 6.79 Å². The summed E-state index contributed by atoms with van der Waals surface area (Å²) in [6, 6.07) is 20.1. The smallest absolute Gasteiger partial charge is 0.231 e. The van der Waals surface area contributed by atoms with Crippen molar-refractivity contribution in [3.05, 3.63) is 77.4 Å². The number of aryl methyl sites for hydroxylation is 1. The molecule has 0 spiro atoms. The lowest BCUT2D eigenvalue weighted by Crippen LogP contribution is -2.02. The second-order valence-corrected chi connectivity index (χ2v) is 7.21. The molecule has 0 saturated carbocycles. The molecule has 1 aliphatic rings. The van der Waals surface area contributed by atoms with Gasteiger partial charge < -0.3 is 14.6 Å². The van der Waals surface area contributed by atoms with Crippen molar-refractivity contribution in [3.8, 4) is 22.6 Å². The van der Waals surface area contributed by atoms with Crippen molar-refractivity contribution in [1.82, 2.24) is 0 Å². The monoisotopic (exact) mass is 364 g/mol. The van der Waals surface area contributed by atoms with Gasteiger partial charge in [-0.25, -0.2) is 0 Å². The minimum Gasteiger partial charge on any atom is -0.454 e. The van der Waals surface area contributed by atoms with E-state index in [2.05, 4.69) is 30.5 Å². The van der Waals surface area contributed by atoms with Gasteiger partial charge in [-0.05, 0) is 59.7 Å². The van der Waals surface area contributed by atoms with Gasteiger partial charge in [0, 0.05) is 4.90 Å². The summed E-state index contributed by atoms with van der Waals surface area (Å²) in [4.78, 5) is 1.20. The minimum atomic E-state index is -0.736. The van der Waals surface area contributed by atoms with Crippen LogP contribution in [0, 0.1) is 6.92 Å². The molecule has 0 bridgehead atoms. The zero-order chi connectivity index (χ0) is 18.1. The largest absolute Gasteiger partial charge is 0.454 e. The highest BCUT2D eigenvalue weighted by molar-refractivity contribution is 7.98. The van der Waals surface area contributed by atoms with E-state index in [1.54, 1.807) is 11.8 Å². The molecule has 3 aromatic rings. The standard InChI is InChI=1S/C22H20O3S/c1-14-3-5-16(6-4-14)22(23)19-12-21-20(24-13-25-21)11-18(19)15-7-9-17(26-2)10-8-15/h3-12,22-23H,13H2,1-2H3. The summed E-state index contributed by atoms with van der Waals surface area (Å²) in [5.74, 6) is 1.39. The molecule has 1 atom stereocenters. The molecule has 1 aliphatic heterocycles. The Bertz CT molecular complexity index is 917. The van der Waals surface area contributed by atoms with E-state index in [1.165, 1.54) is 10.5 Å². The van der Waals surface area contributed by atoms with E-state index in [9.17, 15) is 5.11 Å². The van der Waals surface area contributed by atoms with Crippen LogP contribution in [0.15, 0.2) is 65.6 Å². The minimum absolute atomic E-state index is 0.213. The van der Waals surface area contributed by atoms with E-state index in [0.29, 0.717) is 11.5 Å². The second kappa shape index (κ2) is 7.06. The van der Waals surface area contributed by atoms with Gasteiger partial charge in [0.25, 0.3) is 0 Å². The molecule has 4 heteroatoms. The summed E-state index contributed by atoms with van der Waals surface area (Å²) in [7, 11) is 0. The molecule has 1 unspecified atom stereocenters. The van der Waals surface area contributed by atoms with Gasteiger partial charge in [-0.15, -0.1) is 11.8 Å². The lowest BCUT2D eigenvalue weighted by atomic mass is 9.92. The number of aliphatic hydroxyl groups excluding tert-OH is 1. The van der Waals surface area contributed by atoms with Crippen LogP contribution in [0.2, 0.25) is 0 Å². The van der Waals surface area contributed by atoms with Crippen LogP contribution in [0.25, 0.3) is 11.1 Å². The number of benzene rings is 3. The van der Waals surface area contributed by atoms with Crippen LogP contribution in [0.4, 0.5) is 0 Å². The van der Waals surface area contributed by atoms with Crippen LogP contribution in [-0.2, 0) is 0 Å². The summed E-state index contributed by atoms with van der Waals surface area (Å²) in [6.45, 7) is 2.25. The highest BCUT2D eigenvalue weighted by atomic mass is 32.2. The van der Waals surface area contributed by atoms with Gasteiger partial charge >= 0.3 is 0 Å². The Morgan fingerprint density at radius 3 is 2.23 bits per heavy atom. The number of hydrogen-bond acceptors (Lipinski definition) is 4. The van der Waals surface area contributed by atoms with Gasteiger partial charge in [0.15, 0.2) is 11.5 Å². The summed E-state index contributed by atoms with van der Waals surface area (Å²) in [5.41, 5.74) is 4.84. The zero-order valence-electron chi connectivity index (χ0n) is 14.7. The number of aliphatic hydroxyl groups is 1. The molecule has 0 amide bonds. The van der Waals surface area contributed by atoms with Crippen molar-refractivity contribution in [2.24, 2.45) is 0 Å². The zero-order valence-corrected chi connectivity index (χ0v) is 15.5. The molecule has 0 saturated heterocycles. The average Bonchev–Trinajstić information content (AvgIpc) is 3.14. The normalized spacial score (nSPS) is 13.7. The number of ether oxygens (including phenoxy) is 2. The third kappa shape index (κ3) is 3.18. The Balaban J connectivity index is 1.82. The molecule has 0 fully saturated rings. The van der Waals surface area contributed by atoms with Crippen molar-refractivity contribution < 1.29 is 14.6 Å². The van der Waals surface area contributed by atoms with E-state index in [0.717, 1.165) is 22.3 Å². The quantitative estimate of drug-likeness (QED) is 0.646. The van der Waals surface area contributed by atoms with Crippen molar-refractivity contribution in [2.75, 3.05) is 13.0 Å². The molecule has 0 aromatic heterocycles. The molecule has 0 radical (unpaired) electrons. The summed E-state index contributed by atoms with van der Waals surface area (Å²) in [6.07, 6.45) is 1.32. The van der Waals surface area contributed by atoms with Gasteiger partial charge in [0.05, 0.1) is 0 Å². The molecule has 132 valence electrons. The van der Waals surface area contributed by atoms with Crippen LogP contribution in [0.3, 0.4) is 0 Å². The van der Waals surface area contributed by atoms with E-state index < -0.39 is 6.10 Å². The van der Waals surface area contributed by atoms with E-state index in [1.807, 2.05) is 43.3 Å². The first kappa shape index (κ1) is 17.0. The third-order valence-corrected chi connectivity index (χ3v) is 5.38. The van der Waals surface area contributed by atoms with Crippen molar-refractivity contribution in [1.29, 1.82) is 0 Å². The molecule has 3 aromatic carbocycles. The van der Waals surface area contributed by atoms with E-state index >= 15 is 0 Å². The average molecular weight is 364 g/mol. The summed E-state index contributed by atoms with van der Waals surface area (Å²) < 4.78 is 11.1. The topological polar surface area (TPSA) is 38.7 Å². The maximum absolute atomic E-state index is 11.1. The summed E-state index contributed by atoms with van der Waals surface area (Å²) in [5, 5.41) is 11.1. The number of fused-ring (bicyclic) bond motifs is 1. The van der Waals surface area contributed by atoms with Crippen LogP contribution in [0.1, 0.15) is 22.8 Å². The molecule has 26 heavy (non-hydrogen) atoms. The Morgan fingerprint density at radius 2 is 1.58 bits per heavy atom. The fourth-order valence-corrected chi connectivity index (χ4v) is 3.54. The number of hydrogen-bond donors (Lipinski definition) is 1. The van der Waals surface area contributed by atoms with Gasteiger partial charge in [0.2, 0.25) is 6.79 Å². The fraction of sp³-hybridized carbons (Fsp3) is 0.182. The maximum Gasteiger partial charge on any atom is 0.231 e. The van der Waals surface area contributed by atoms with Gasteiger partial charge in [0.1, 0.15) is 6.10 Å². The van der Waals surface area contributed by atoms with Crippen LogP contribution in [-0.4, -0.2) is 18.2 Å². The van der Waals surface area contributed by atoms with E-state index in [4.69, 9.17) is 9.47 Å². The molecular formula is C22H20O3S. The molecule has 1 N–H and O–H groups in total. The van der Waals surface area contributed by atoms with Crippen LogP contribution in [0.5, 0.6) is 11.5 Å². The second-order valence-electron chi connectivity index (χ2n) is 6.33. The number of rotatable bonds is 4. The van der Waals surface area contributed by atoms with Crippen molar-refractivity contribution >= 4 is 11.8 Å². The number of thioether (sulfide) groups is 1. The molecule has 4 rings (SSSR count). The predicted molar refractivity (Wildman–Crippen MR) is 105 cm³/mol. The highest BCUT2D eigenvalue weighted by Gasteiger charge is 2.22. The van der Waals surface area contributed by atoms with Gasteiger partial charge in [-0.3, -0.25) is 0 Å². The highest BCUT2D eigenvalue weighted by Crippen LogP contribution is 2.42. The fourth-order valence-electron chi connectivity index (χ4n) is 3.13. The predicted octanol–water partition coefficient (Wildman–Crippen LogP) is 5.19. The Hall–Kier alpha value is -2.43. The van der Waals surface area contributed by atoms with Gasteiger partial charge in [-0.1, -0.05) is 42.0 Å². The maximum atomic E-state index is 11.1. The van der Waals surface area contributed by atoms with Crippen LogP contribution >= 0.6 is 11.8 Å². The molecular weight excluding hydrogens is 344 g/mol. The lowest BCUT2D eigenvalue weighted by Gasteiger charge is -2.18. The molecule has 3 nitrogen and oxygen atoms in total. The first-order valence-corrected chi connectivity index (χ1v) is 9.71. The molecule has 0 aliphatic carbocycles. The lowest BCUT2D eigenvalue weighted by molar-refractivity contribution is 0.173. The van der Waals surface area contributed by atoms with Crippen molar-refractivity contribution in [3.63, 3.8) is 0 Å². The van der Waals surface area contributed by atoms with Crippen molar-refractivity contribution in [2.45, 2.75) is 17.9 Å². The SMILES string of the molecule is CSc1ccc(-c2cc3c(cc2C(O)c2ccc(C)cc2)OCO3)cc1. The Morgan fingerprint density at radius 1 is 0.923 bits per heavy atom. The third-order valence-electron chi connectivity index (χ3n) is 4.63.